The highest BCUT2D eigenvalue weighted by molar-refractivity contribution is 5.76. The Morgan fingerprint density at radius 3 is 2.47 bits per heavy atom. The maximum Gasteiger partial charge on any atom is 0.389 e. The zero-order valence-corrected chi connectivity index (χ0v) is 10.6. The van der Waals surface area contributed by atoms with Gasteiger partial charge in [0.15, 0.2) is 0 Å². The first-order valence-corrected chi connectivity index (χ1v) is 6.02. The molecule has 1 rings (SSSR count). The van der Waals surface area contributed by atoms with Crippen molar-refractivity contribution in [3.05, 3.63) is 30.3 Å². The lowest BCUT2D eigenvalue weighted by Crippen LogP contribution is -2.37. The highest BCUT2D eigenvalue weighted by atomic mass is 19.4. The molecule has 19 heavy (non-hydrogen) atoms. The molecule has 106 valence electrons. The highest BCUT2D eigenvalue weighted by Crippen LogP contribution is 2.21. The standard InChI is InChI=1S/C13H17F3N2O/c1-10(9-17-11-5-3-2-4-6-11)18-12(19)7-8-13(14,15)16/h2-6,10,17H,7-9H2,1H3,(H,18,19). The number of alkyl halides is 3. The van der Waals surface area contributed by atoms with Crippen LogP contribution in [0.2, 0.25) is 0 Å². The van der Waals surface area contributed by atoms with E-state index < -0.39 is 24.9 Å². The van der Waals surface area contributed by atoms with Crippen LogP contribution in [0.25, 0.3) is 0 Å². The molecule has 0 bridgehead atoms. The van der Waals surface area contributed by atoms with Gasteiger partial charge in [-0.1, -0.05) is 18.2 Å². The molecule has 0 aromatic heterocycles. The largest absolute Gasteiger partial charge is 0.389 e. The van der Waals surface area contributed by atoms with E-state index in [1.807, 2.05) is 30.3 Å². The van der Waals surface area contributed by atoms with Gasteiger partial charge >= 0.3 is 6.18 Å². The van der Waals surface area contributed by atoms with Gasteiger partial charge in [-0.2, -0.15) is 13.2 Å². The van der Waals surface area contributed by atoms with Crippen molar-refractivity contribution in [3.8, 4) is 0 Å². The third-order valence-electron chi connectivity index (χ3n) is 2.43. The summed E-state index contributed by atoms with van der Waals surface area (Å²) in [4.78, 5) is 11.3. The SMILES string of the molecule is CC(CNc1ccccc1)NC(=O)CCC(F)(F)F. The summed E-state index contributed by atoms with van der Waals surface area (Å²) in [5.74, 6) is -0.584. The second kappa shape index (κ2) is 7.01. The Labute approximate surface area is 110 Å². The molecule has 1 aromatic rings. The Morgan fingerprint density at radius 1 is 1.26 bits per heavy atom. The molecule has 0 radical (unpaired) electrons. The minimum Gasteiger partial charge on any atom is -0.383 e. The number of nitrogens with one attached hydrogen (secondary N) is 2. The predicted octanol–water partition coefficient (Wildman–Crippen LogP) is 2.95. The minimum atomic E-state index is -4.29. The van der Waals surface area contributed by atoms with Crippen LogP contribution in [0.5, 0.6) is 0 Å². The van der Waals surface area contributed by atoms with E-state index in [1.165, 1.54) is 0 Å². The fourth-order valence-electron chi connectivity index (χ4n) is 1.48. The van der Waals surface area contributed by atoms with E-state index >= 15 is 0 Å². The number of halogens is 3. The third kappa shape index (κ3) is 7.33. The van der Waals surface area contributed by atoms with Gasteiger partial charge in [0.05, 0.1) is 6.42 Å². The quantitative estimate of drug-likeness (QED) is 0.837. The molecule has 0 saturated carbocycles. The van der Waals surface area contributed by atoms with Gasteiger partial charge in [-0.15, -0.1) is 0 Å². The average molecular weight is 274 g/mol. The molecule has 6 heteroatoms. The molecule has 1 atom stereocenters. The number of anilines is 1. The van der Waals surface area contributed by atoms with E-state index in [4.69, 9.17) is 0 Å². The lowest BCUT2D eigenvalue weighted by atomic mass is 10.2. The zero-order chi connectivity index (χ0) is 14.3. The average Bonchev–Trinajstić information content (AvgIpc) is 2.34. The van der Waals surface area contributed by atoms with Gasteiger partial charge in [-0.3, -0.25) is 4.79 Å². The van der Waals surface area contributed by atoms with Gasteiger partial charge in [0.2, 0.25) is 5.91 Å². The topological polar surface area (TPSA) is 41.1 Å². The van der Waals surface area contributed by atoms with E-state index in [2.05, 4.69) is 10.6 Å². The zero-order valence-electron chi connectivity index (χ0n) is 10.6. The van der Waals surface area contributed by atoms with Gasteiger partial charge in [-0.05, 0) is 19.1 Å². The molecule has 3 nitrogen and oxygen atoms in total. The van der Waals surface area contributed by atoms with Gasteiger partial charge in [0.1, 0.15) is 0 Å². The van der Waals surface area contributed by atoms with Crippen molar-refractivity contribution < 1.29 is 18.0 Å². The van der Waals surface area contributed by atoms with Crippen LogP contribution in [-0.4, -0.2) is 24.7 Å². The van der Waals surface area contributed by atoms with Gasteiger partial charge < -0.3 is 10.6 Å². The van der Waals surface area contributed by atoms with Gasteiger partial charge in [0.25, 0.3) is 0 Å². The molecule has 0 saturated heterocycles. The van der Waals surface area contributed by atoms with Crippen LogP contribution in [0.15, 0.2) is 30.3 Å². The van der Waals surface area contributed by atoms with Gasteiger partial charge in [-0.25, -0.2) is 0 Å². The summed E-state index contributed by atoms with van der Waals surface area (Å²) in [5.41, 5.74) is 0.902. The van der Waals surface area contributed by atoms with E-state index in [-0.39, 0.29) is 6.04 Å². The van der Waals surface area contributed by atoms with Crippen LogP contribution in [-0.2, 0) is 4.79 Å². The molecular formula is C13H17F3N2O. The molecule has 1 unspecified atom stereocenters. The Bertz CT molecular complexity index is 393. The summed E-state index contributed by atoms with van der Waals surface area (Å²) >= 11 is 0. The van der Waals surface area contributed by atoms with E-state index in [1.54, 1.807) is 6.92 Å². The lowest BCUT2D eigenvalue weighted by Gasteiger charge is -2.16. The summed E-state index contributed by atoms with van der Waals surface area (Å²) in [6.07, 6.45) is -5.90. The van der Waals surface area contributed by atoms with Crippen LogP contribution in [0.3, 0.4) is 0 Å². The fraction of sp³-hybridized carbons (Fsp3) is 0.462. The fourth-order valence-corrected chi connectivity index (χ4v) is 1.48. The molecular weight excluding hydrogens is 257 g/mol. The number of amides is 1. The molecule has 0 aliphatic carbocycles. The molecule has 0 aliphatic heterocycles. The predicted molar refractivity (Wildman–Crippen MR) is 67.8 cm³/mol. The highest BCUT2D eigenvalue weighted by Gasteiger charge is 2.28. The van der Waals surface area contributed by atoms with Crippen LogP contribution in [0.1, 0.15) is 19.8 Å². The Morgan fingerprint density at radius 2 is 1.89 bits per heavy atom. The molecule has 1 aromatic carbocycles. The maximum atomic E-state index is 11.9. The van der Waals surface area contributed by atoms with Gasteiger partial charge in [0, 0.05) is 24.7 Å². The first-order valence-electron chi connectivity index (χ1n) is 6.02. The van der Waals surface area contributed by atoms with Crippen molar-refractivity contribution >= 4 is 11.6 Å². The number of carbonyl (C=O) groups is 1. The van der Waals surface area contributed by atoms with Crippen molar-refractivity contribution in [1.82, 2.24) is 5.32 Å². The van der Waals surface area contributed by atoms with Crippen LogP contribution >= 0.6 is 0 Å². The molecule has 0 aliphatic rings. The lowest BCUT2D eigenvalue weighted by molar-refractivity contribution is -0.144. The summed E-state index contributed by atoms with van der Waals surface area (Å²) in [6.45, 7) is 2.20. The summed E-state index contributed by atoms with van der Waals surface area (Å²) in [7, 11) is 0. The number of carbonyl (C=O) groups excluding carboxylic acids is 1. The second-order valence-corrected chi connectivity index (χ2v) is 4.33. The molecule has 0 heterocycles. The third-order valence-corrected chi connectivity index (χ3v) is 2.43. The number of benzene rings is 1. The Balaban J connectivity index is 2.24. The first kappa shape index (κ1) is 15.3. The Hall–Kier alpha value is -1.72. The van der Waals surface area contributed by atoms with Crippen molar-refractivity contribution in [2.45, 2.75) is 32.0 Å². The summed E-state index contributed by atoms with van der Waals surface area (Å²) in [5, 5.41) is 5.61. The number of para-hydroxylation sites is 1. The van der Waals surface area contributed by atoms with E-state index in [0.29, 0.717) is 6.54 Å². The maximum absolute atomic E-state index is 11.9. The molecule has 0 fully saturated rings. The second-order valence-electron chi connectivity index (χ2n) is 4.33. The Kier molecular flexibility index (Phi) is 5.66. The summed E-state index contributed by atoms with van der Waals surface area (Å²) in [6, 6.07) is 9.13. The van der Waals surface area contributed by atoms with Crippen molar-refractivity contribution in [3.63, 3.8) is 0 Å². The molecule has 0 spiro atoms. The number of rotatable bonds is 6. The normalized spacial score (nSPS) is 12.8. The first-order chi connectivity index (χ1) is 8.87. The number of hydrogen-bond donors (Lipinski definition) is 2. The molecule has 1 amide bonds. The van der Waals surface area contributed by atoms with E-state index in [9.17, 15) is 18.0 Å². The van der Waals surface area contributed by atoms with Crippen LogP contribution in [0, 0.1) is 0 Å². The van der Waals surface area contributed by atoms with E-state index in [0.717, 1.165) is 5.69 Å². The minimum absolute atomic E-state index is 0.235. The van der Waals surface area contributed by atoms with Crippen molar-refractivity contribution in [2.75, 3.05) is 11.9 Å². The molecule has 2 N–H and O–H groups in total. The summed E-state index contributed by atoms with van der Waals surface area (Å²) < 4.78 is 35.8. The van der Waals surface area contributed by atoms with Crippen molar-refractivity contribution in [2.24, 2.45) is 0 Å². The van der Waals surface area contributed by atoms with Crippen molar-refractivity contribution in [1.29, 1.82) is 0 Å². The van der Waals surface area contributed by atoms with Crippen LogP contribution < -0.4 is 10.6 Å². The number of hydrogen-bond acceptors (Lipinski definition) is 2. The smallest absolute Gasteiger partial charge is 0.383 e. The van der Waals surface area contributed by atoms with Crippen LogP contribution in [0.4, 0.5) is 18.9 Å². The monoisotopic (exact) mass is 274 g/mol.